The molecule has 3 amide bonds. The molecule has 5 rings (SSSR count). The lowest BCUT2D eigenvalue weighted by molar-refractivity contribution is -0.136. The molecule has 1 saturated heterocycles. The first-order valence-corrected chi connectivity index (χ1v) is 12.4. The van der Waals surface area contributed by atoms with Gasteiger partial charge in [0.15, 0.2) is 0 Å². The zero-order chi connectivity index (χ0) is 23.9. The molecule has 3 atom stereocenters. The molecule has 0 radical (unpaired) electrons. The van der Waals surface area contributed by atoms with Crippen LogP contribution in [-0.2, 0) is 16.1 Å². The lowest BCUT2D eigenvalue weighted by Crippen LogP contribution is -2.52. The van der Waals surface area contributed by atoms with Crippen LogP contribution in [0.2, 0.25) is 0 Å². The Balaban J connectivity index is 1.24. The van der Waals surface area contributed by atoms with Crippen molar-refractivity contribution in [3.05, 3.63) is 29.3 Å². The molecule has 0 bridgehead atoms. The van der Waals surface area contributed by atoms with E-state index in [1.807, 2.05) is 6.07 Å². The number of hydrogen-bond acceptors (Lipinski definition) is 5. The van der Waals surface area contributed by atoms with Gasteiger partial charge in [0.1, 0.15) is 17.9 Å². The molecule has 4 aliphatic rings. The molecule has 9 heteroatoms. The van der Waals surface area contributed by atoms with Crippen LogP contribution in [0, 0.1) is 0 Å². The second-order valence-electron chi connectivity index (χ2n) is 10.1. The van der Waals surface area contributed by atoms with Crippen LogP contribution < -0.4 is 15.4 Å². The molecule has 7 nitrogen and oxygen atoms in total. The maximum atomic E-state index is 13.5. The Morgan fingerprint density at radius 2 is 1.79 bits per heavy atom. The topological polar surface area (TPSA) is 87.7 Å². The van der Waals surface area contributed by atoms with Crippen LogP contribution in [0.25, 0.3) is 0 Å². The molecule has 0 spiro atoms. The molecule has 2 heterocycles. The second-order valence-corrected chi connectivity index (χ2v) is 10.1. The highest BCUT2D eigenvalue weighted by molar-refractivity contribution is 6.05. The number of ether oxygens (including phenoxy) is 1. The van der Waals surface area contributed by atoms with Crippen molar-refractivity contribution in [3.8, 4) is 5.75 Å². The molecule has 2 aliphatic carbocycles. The van der Waals surface area contributed by atoms with Crippen LogP contribution in [0.3, 0.4) is 0 Å². The zero-order valence-corrected chi connectivity index (χ0v) is 19.2. The van der Waals surface area contributed by atoms with Crippen LogP contribution in [0.5, 0.6) is 5.75 Å². The molecule has 2 aliphatic heterocycles. The molecule has 34 heavy (non-hydrogen) atoms. The molecule has 3 fully saturated rings. The quantitative estimate of drug-likeness (QED) is 0.638. The van der Waals surface area contributed by atoms with E-state index < -0.39 is 17.9 Å². The number of hydrogen-bond donors (Lipinski definition) is 2. The number of imide groups is 1. The van der Waals surface area contributed by atoms with Crippen LogP contribution in [0.4, 0.5) is 8.78 Å². The average Bonchev–Trinajstić information content (AvgIpc) is 3.12. The Morgan fingerprint density at radius 1 is 1.03 bits per heavy atom. The number of benzene rings is 1. The Kier molecular flexibility index (Phi) is 6.31. The first-order valence-electron chi connectivity index (χ1n) is 12.4. The van der Waals surface area contributed by atoms with Gasteiger partial charge >= 0.3 is 0 Å². The van der Waals surface area contributed by atoms with Gasteiger partial charge in [-0.3, -0.25) is 19.7 Å². The van der Waals surface area contributed by atoms with E-state index in [9.17, 15) is 23.2 Å². The van der Waals surface area contributed by atoms with Gasteiger partial charge in [0.25, 0.3) is 5.91 Å². The summed E-state index contributed by atoms with van der Waals surface area (Å²) in [4.78, 5) is 38.1. The summed E-state index contributed by atoms with van der Waals surface area (Å²) in [7, 11) is 0. The van der Waals surface area contributed by atoms with Gasteiger partial charge in [-0.2, -0.15) is 0 Å². The molecule has 1 aromatic rings. The van der Waals surface area contributed by atoms with Gasteiger partial charge in [-0.15, -0.1) is 0 Å². The van der Waals surface area contributed by atoms with E-state index in [-0.39, 0.29) is 49.3 Å². The molecule has 184 valence electrons. The van der Waals surface area contributed by atoms with E-state index in [1.165, 1.54) is 4.90 Å². The van der Waals surface area contributed by atoms with E-state index in [0.717, 1.165) is 31.2 Å². The van der Waals surface area contributed by atoms with Crippen molar-refractivity contribution < 1.29 is 27.9 Å². The maximum Gasteiger partial charge on any atom is 0.255 e. The maximum absolute atomic E-state index is 13.5. The third-order valence-corrected chi connectivity index (χ3v) is 7.65. The average molecular weight is 476 g/mol. The summed E-state index contributed by atoms with van der Waals surface area (Å²) in [6.45, 7) is 0.306. The Bertz CT molecular complexity index is 975. The van der Waals surface area contributed by atoms with Crippen LogP contribution in [-0.4, -0.2) is 52.8 Å². The van der Waals surface area contributed by atoms with Gasteiger partial charge in [0.2, 0.25) is 17.7 Å². The first-order chi connectivity index (χ1) is 16.3. The lowest BCUT2D eigenvalue weighted by Gasteiger charge is -2.37. The number of carbonyl (C=O) groups is 3. The van der Waals surface area contributed by atoms with Gasteiger partial charge in [0, 0.05) is 43.5 Å². The summed E-state index contributed by atoms with van der Waals surface area (Å²) in [6.07, 6.45) is 5.30. The predicted octanol–water partition coefficient (Wildman–Crippen LogP) is 3.31. The monoisotopic (exact) mass is 475 g/mol. The molecule has 1 unspecified atom stereocenters. The van der Waals surface area contributed by atoms with Gasteiger partial charge in [-0.25, -0.2) is 8.78 Å². The minimum absolute atomic E-state index is 0.0578. The van der Waals surface area contributed by atoms with Crippen molar-refractivity contribution in [2.24, 2.45) is 0 Å². The van der Waals surface area contributed by atoms with Crippen LogP contribution in [0.1, 0.15) is 80.1 Å². The summed E-state index contributed by atoms with van der Waals surface area (Å²) in [5.74, 6) is -2.80. The van der Waals surface area contributed by atoms with Crippen molar-refractivity contribution in [2.45, 2.75) is 101 Å². The SMILES string of the molecule is O=C1CCC(N2Cc3cc(O[C@H]4CCCC[C@H]4NC4CCC(F)(F)CC4)ccc3C2=O)C(=O)N1. The van der Waals surface area contributed by atoms with E-state index in [1.54, 1.807) is 12.1 Å². The number of fused-ring (bicyclic) bond motifs is 1. The molecular formula is C25H31F2N3O4. The number of amides is 3. The van der Waals surface area contributed by atoms with Gasteiger partial charge in [0.05, 0.1) is 0 Å². The number of rotatable bonds is 5. The zero-order valence-electron chi connectivity index (χ0n) is 19.2. The molecule has 2 N–H and O–H groups in total. The molecular weight excluding hydrogens is 444 g/mol. The van der Waals surface area contributed by atoms with E-state index in [0.29, 0.717) is 37.1 Å². The fourth-order valence-electron chi connectivity index (χ4n) is 5.74. The number of alkyl halides is 2. The number of carbonyl (C=O) groups excluding carboxylic acids is 3. The van der Waals surface area contributed by atoms with Crippen molar-refractivity contribution in [3.63, 3.8) is 0 Å². The fraction of sp³-hybridized carbons (Fsp3) is 0.640. The van der Waals surface area contributed by atoms with Gasteiger partial charge in [-0.05, 0) is 62.3 Å². The minimum atomic E-state index is -2.54. The Hall–Kier alpha value is -2.55. The summed E-state index contributed by atoms with van der Waals surface area (Å²) in [5.41, 5.74) is 1.36. The highest BCUT2D eigenvalue weighted by Gasteiger charge is 2.40. The second kappa shape index (κ2) is 9.24. The molecule has 1 aromatic carbocycles. The van der Waals surface area contributed by atoms with E-state index in [4.69, 9.17) is 4.74 Å². The standard InChI is InChI=1S/C25H31F2N3O4/c26-25(27)11-9-16(10-12-25)28-19-3-1-2-4-21(19)34-17-5-6-18-15(13-17)14-30(24(18)33)20-7-8-22(31)29-23(20)32/h5-6,13,16,19-21,28H,1-4,7-12,14H2,(H,29,31,32)/t19-,20?,21+/m1/s1. The summed E-state index contributed by atoms with van der Waals surface area (Å²) < 4.78 is 33.4. The smallest absolute Gasteiger partial charge is 0.255 e. The van der Waals surface area contributed by atoms with Crippen LogP contribution in [0.15, 0.2) is 18.2 Å². The predicted molar refractivity (Wildman–Crippen MR) is 119 cm³/mol. The fourth-order valence-corrected chi connectivity index (χ4v) is 5.74. The van der Waals surface area contributed by atoms with Gasteiger partial charge < -0.3 is 15.0 Å². The lowest BCUT2D eigenvalue weighted by atomic mass is 9.88. The number of piperidine rings is 1. The minimum Gasteiger partial charge on any atom is -0.489 e. The Labute approximate surface area is 197 Å². The van der Waals surface area contributed by atoms with Crippen molar-refractivity contribution in [2.75, 3.05) is 0 Å². The van der Waals surface area contributed by atoms with Crippen molar-refractivity contribution in [1.29, 1.82) is 0 Å². The summed E-state index contributed by atoms with van der Waals surface area (Å²) >= 11 is 0. The first kappa shape index (κ1) is 23.2. The molecule has 0 aromatic heterocycles. The third kappa shape index (κ3) is 4.80. The van der Waals surface area contributed by atoms with Crippen molar-refractivity contribution >= 4 is 17.7 Å². The number of nitrogens with zero attached hydrogens (tertiary/aromatic N) is 1. The van der Waals surface area contributed by atoms with Crippen molar-refractivity contribution in [1.82, 2.24) is 15.5 Å². The normalized spacial score (nSPS) is 29.6. The summed E-state index contributed by atoms with van der Waals surface area (Å²) in [6, 6.07) is 4.96. The van der Waals surface area contributed by atoms with E-state index >= 15 is 0 Å². The highest BCUT2D eigenvalue weighted by Crippen LogP contribution is 2.35. The number of nitrogens with one attached hydrogen (secondary N) is 2. The van der Waals surface area contributed by atoms with Crippen LogP contribution >= 0.6 is 0 Å². The number of halogens is 2. The molecule has 2 saturated carbocycles. The largest absolute Gasteiger partial charge is 0.489 e. The van der Waals surface area contributed by atoms with Gasteiger partial charge in [-0.1, -0.05) is 6.42 Å². The summed E-state index contributed by atoms with van der Waals surface area (Å²) in [5, 5.41) is 5.91. The van der Waals surface area contributed by atoms with E-state index in [2.05, 4.69) is 10.6 Å². The highest BCUT2D eigenvalue weighted by atomic mass is 19.3. The Morgan fingerprint density at radius 3 is 2.56 bits per heavy atom. The third-order valence-electron chi connectivity index (χ3n) is 7.65.